The summed E-state index contributed by atoms with van der Waals surface area (Å²) in [6.07, 6.45) is 10.1. The Labute approximate surface area is 204 Å². The minimum atomic E-state index is -0.0872. The Morgan fingerprint density at radius 1 is 1.09 bits per heavy atom. The van der Waals surface area contributed by atoms with Gasteiger partial charge in [-0.05, 0) is 74.1 Å². The third kappa shape index (κ3) is 4.30. The third-order valence-electron chi connectivity index (χ3n) is 8.63. The van der Waals surface area contributed by atoms with Gasteiger partial charge in [-0.3, -0.25) is 4.90 Å². The molecule has 0 radical (unpaired) electrons. The smallest absolute Gasteiger partial charge is 0.318 e. The lowest BCUT2D eigenvalue weighted by Gasteiger charge is -2.54. The molecule has 6 nitrogen and oxygen atoms in total. The summed E-state index contributed by atoms with van der Waals surface area (Å²) >= 11 is 0. The summed E-state index contributed by atoms with van der Waals surface area (Å²) in [4.78, 5) is 18.7. The van der Waals surface area contributed by atoms with Crippen molar-refractivity contribution in [3.63, 3.8) is 0 Å². The lowest BCUT2D eigenvalue weighted by Crippen LogP contribution is -2.61. The second-order valence-electron chi connectivity index (χ2n) is 11.0. The van der Waals surface area contributed by atoms with E-state index in [1.54, 1.807) is 14.2 Å². The molecule has 34 heavy (non-hydrogen) atoms. The van der Waals surface area contributed by atoms with Crippen molar-refractivity contribution in [1.29, 1.82) is 0 Å². The van der Waals surface area contributed by atoms with Crippen LogP contribution in [0.5, 0.6) is 11.5 Å². The fourth-order valence-corrected chi connectivity index (χ4v) is 7.10. The molecule has 3 aliphatic heterocycles. The Balaban J connectivity index is 1.37. The molecule has 5 rings (SSSR count). The van der Waals surface area contributed by atoms with E-state index in [4.69, 9.17) is 9.47 Å². The number of nitrogens with zero attached hydrogens (tertiary/aromatic N) is 2. The number of ether oxygens (including phenoxy) is 2. The van der Waals surface area contributed by atoms with Crippen molar-refractivity contribution < 1.29 is 14.3 Å². The number of nitrogens with one attached hydrogen (secondary N) is 1. The molecule has 6 heteroatoms. The zero-order valence-electron chi connectivity index (χ0n) is 21.3. The SMILES string of the molecule is COc1ccc(C(NC(=O)N2CCCC3=C[C@H]4C[C@@H](CN5CCCCC45)C32)C(C)C)cc1OC. The Hall–Kier alpha value is -2.21. The maximum Gasteiger partial charge on any atom is 0.318 e. The van der Waals surface area contributed by atoms with Gasteiger partial charge in [0.1, 0.15) is 0 Å². The first-order chi connectivity index (χ1) is 16.5. The first-order valence-electron chi connectivity index (χ1n) is 13.2. The van der Waals surface area contributed by atoms with Gasteiger partial charge in [0.25, 0.3) is 0 Å². The van der Waals surface area contributed by atoms with Crippen LogP contribution in [0.1, 0.15) is 64.0 Å². The van der Waals surface area contributed by atoms with Crippen LogP contribution in [0.2, 0.25) is 0 Å². The highest BCUT2D eigenvalue weighted by Crippen LogP contribution is 2.45. The van der Waals surface area contributed by atoms with Crippen LogP contribution in [0, 0.1) is 17.8 Å². The average molecular weight is 468 g/mol. The quantitative estimate of drug-likeness (QED) is 0.619. The number of urea groups is 1. The molecule has 0 spiro atoms. The highest BCUT2D eigenvalue weighted by Gasteiger charge is 2.47. The number of piperidine rings is 3. The first-order valence-corrected chi connectivity index (χ1v) is 13.2. The summed E-state index contributed by atoms with van der Waals surface area (Å²) in [7, 11) is 3.30. The van der Waals surface area contributed by atoms with E-state index < -0.39 is 0 Å². The van der Waals surface area contributed by atoms with Crippen LogP contribution in [0.3, 0.4) is 0 Å². The van der Waals surface area contributed by atoms with Crippen molar-refractivity contribution in [2.75, 3.05) is 33.9 Å². The maximum atomic E-state index is 13.8. The lowest BCUT2D eigenvalue weighted by atomic mass is 9.68. The number of fused-ring (bicyclic) bond motifs is 6. The van der Waals surface area contributed by atoms with Gasteiger partial charge in [0.15, 0.2) is 11.5 Å². The molecule has 0 aromatic heterocycles. The monoisotopic (exact) mass is 467 g/mol. The number of carbonyl (C=O) groups is 1. The summed E-state index contributed by atoms with van der Waals surface area (Å²) in [5.74, 6) is 2.89. The first kappa shape index (κ1) is 23.5. The molecule has 1 aromatic carbocycles. The normalized spacial score (nSPS) is 29.6. The Morgan fingerprint density at radius 2 is 1.91 bits per heavy atom. The molecule has 2 bridgehead atoms. The molecule has 186 valence electrons. The molecule has 3 fully saturated rings. The lowest BCUT2D eigenvalue weighted by molar-refractivity contribution is 0.00753. The van der Waals surface area contributed by atoms with Crippen molar-refractivity contribution in [3.05, 3.63) is 35.4 Å². The summed E-state index contributed by atoms with van der Waals surface area (Å²) in [5, 5.41) is 3.40. The van der Waals surface area contributed by atoms with E-state index in [1.165, 1.54) is 37.8 Å². The molecule has 3 unspecified atom stereocenters. The minimum absolute atomic E-state index is 0.0725. The molecule has 1 aliphatic carbocycles. The van der Waals surface area contributed by atoms with Gasteiger partial charge < -0.3 is 19.7 Å². The summed E-state index contributed by atoms with van der Waals surface area (Å²) in [5.41, 5.74) is 2.58. The Kier molecular flexibility index (Phi) is 6.79. The summed E-state index contributed by atoms with van der Waals surface area (Å²) < 4.78 is 10.9. The predicted molar refractivity (Wildman–Crippen MR) is 134 cm³/mol. The molecule has 5 atom stereocenters. The number of amides is 2. The van der Waals surface area contributed by atoms with E-state index in [1.807, 2.05) is 18.2 Å². The molecule has 4 aliphatic rings. The highest BCUT2D eigenvalue weighted by atomic mass is 16.5. The van der Waals surface area contributed by atoms with Crippen molar-refractivity contribution >= 4 is 6.03 Å². The third-order valence-corrected chi connectivity index (χ3v) is 8.63. The summed E-state index contributed by atoms with van der Waals surface area (Å²) in [6, 6.07) is 6.93. The van der Waals surface area contributed by atoms with Crippen molar-refractivity contribution in [1.82, 2.24) is 15.1 Å². The Bertz CT molecular complexity index is 929. The van der Waals surface area contributed by atoms with E-state index in [0.29, 0.717) is 23.3 Å². The van der Waals surface area contributed by atoms with Crippen LogP contribution in [0.4, 0.5) is 4.79 Å². The van der Waals surface area contributed by atoms with Gasteiger partial charge >= 0.3 is 6.03 Å². The number of likely N-dealkylation sites (tertiary alicyclic amines) is 1. The van der Waals surface area contributed by atoms with Gasteiger partial charge in [0, 0.05) is 19.1 Å². The van der Waals surface area contributed by atoms with Crippen molar-refractivity contribution in [3.8, 4) is 11.5 Å². The van der Waals surface area contributed by atoms with Gasteiger partial charge in [0.05, 0.1) is 26.3 Å². The molecular formula is C28H41N3O3. The molecule has 3 saturated heterocycles. The van der Waals surface area contributed by atoms with E-state index in [-0.39, 0.29) is 24.0 Å². The van der Waals surface area contributed by atoms with E-state index in [0.717, 1.165) is 37.5 Å². The standard InChI is InChI=1S/C28H41N3O3/c1-18(2)26(19-10-11-24(33-3)25(16-19)34-4)29-28(32)31-13-7-8-20-14-21-15-22(27(20)31)17-30-12-6-5-9-23(21)30/h10-11,14,16,18,21-23,26-27H,5-9,12-13,15,17H2,1-4H3,(H,29,32)/t21-,22-,23?,26?,27?/m0/s1. The fourth-order valence-electron chi connectivity index (χ4n) is 7.10. The number of carbonyl (C=O) groups excluding carboxylic acids is 1. The number of hydrogen-bond donors (Lipinski definition) is 1. The molecule has 3 heterocycles. The minimum Gasteiger partial charge on any atom is -0.493 e. The number of benzene rings is 1. The van der Waals surface area contributed by atoms with Crippen LogP contribution in [-0.2, 0) is 0 Å². The van der Waals surface area contributed by atoms with Crippen molar-refractivity contribution in [2.45, 2.75) is 70.5 Å². The zero-order valence-corrected chi connectivity index (χ0v) is 21.3. The van der Waals surface area contributed by atoms with E-state index >= 15 is 0 Å². The van der Waals surface area contributed by atoms with Gasteiger partial charge in [0.2, 0.25) is 0 Å². The largest absolute Gasteiger partial charge is 0.493 e. The van der Waals surface area contributed by atoms with Crippen molar-refractivity contribution in [2.24, 2.45) is 17.8 Å². The van der Waals surface area contributed by atoms with Gasteiger partial charge in [-0.1, -0.05) is 38.0 Å². The van der Waals surface area contributed by atoms with Crippen LogP contribution in [-0.4, -0.2) is 61.8 Å². The number of rotatable bonds is 5. The molecule has 2 amide bonds. The van der Waals surface area contributed by atoms with Crippen LogP contribution >= 0.6 is 0 Å². The van der Waals surface area contributed by atoms with E-state index in [9.17, 15) is 4.79 Å². The molecule has 1 aromatic rings. The Morgan fingerprint density at radius 3 is 2.68 bits per heavy atom. The number of methoxy groups -OCH3 is 2. The summed E-state index contributed by atoms with van der Waals surface area (Å²) in [6.45, 7) is 7.54. The van der Waals surface area contributed by atoms with Crippen LogP contribution < -0.4 is 14.8 Å². The van der Waals surface area contributed by atoms with E-state index in [2.05, 4.69) is 35.0 Å². The topological polar surface area (TPSA) is 54.0 Å². The van der Waals surface area contributed by atoms with Crippen LogP contribution in [0.15, 0.2) is 29.8 Å². The second-order valence-corrected chi connectivity index (χ2v) is 11.0. The molecule has 0 saturated carbocycles. The predicted octanol–water partition coefficient (Wildman–Crippen LogP) is 5.01. The van der Waals surface area contributed by atoms with Gasteiger partial charge in [-0.25, -0.2) is 4.79 Å². The van der Waals surface area contributed by atoms with Gasteiger partial charge in [-0.2, -0.15) is 0 Å². The molecule has 1 N–H and O–H groups in total. The van der Waals surface area contributed by atoms with Crippen LogP contribution in [0.25, 0.3) is 0 Å². The highest BCUT2D eigenvalue weighted by molar-refractivity contribution is 5.76. The second kappa shape index (κ2) is 9.80. The maximum absolute atomic E-state index is 13.8. The molecular weight excluding hydrogens is 426 g/mol. The van der Waals surface area contributed by atoms with Gasteiger partial charge in [-0.15, -0.1) is 0 Å². The average Bonchev–Trinajstić information content (AvgIpc) is 2.86. The fraction of sp³-hybridized carbons (Fsp3) is 0.679. The number of hydrogen-bond acceptors (Lipinski definition) is 4. The zero-order chi connectivity index (χ0) is 23.8.